The predicted octanol–water partition coefficient (Wildman–Crippen LogP) is 1.65. The van der Waals surface area contributed by atoms with E-state index in [9.17, 15) is 0 Å². The molecule has 82 valence electrons. The van der Waals surface area contributed by atoms with Gasteiger partial charge in [0.15, 0.2) is 0 Å². The summed E-state index contributed by atoms with van der Waals surface area (Å²) in [5.41, 5.74) is 1.32. The third-order valence-electron chi connectivity index (χ3n) is 3.04. The van der Waals surface area contributed by atoms with E-state index in [1.807, 2.05) is 6.07 Å². The molecule has 0 saturated carbocycles. The average Bonchev–Trinajstić information content (AvgIpc) is 2.33. The van der Waals surface area contributed by atoms with Gasteiger partial charge in [-0.2, -0.15) is 0 Å². The summed E-state index contributed by atoms with van der Waals surface area (Å²) >= 11 is 0. The third-order valence-corrected chi connectivity index (χ3v) is 3.04. The Balaban J connectivity index is 2.34. The topological polar surface area (TPSA) is 18.5 Å². The summed E-state index contributed by atoms with van der Waals surface area (Å²) in [4.78, 5) is 0. The third kappa shape index (κ3) is 1.60. The molecule has 0 radical (unpaired) electrons. The summed E-state index contributed by atoms with van der Waals surface area (Å²) in [6.07, 6.45) is 7.36. The van der Waals surface area contributed by atoms with Gasteiger partial charge in [0.2, 0.25) is 6.79 Å². The van der Waals surface area contributed by atoms with Crippen LogP contribution in [0.15, 0.2) is 36.1 Å². The Morgan fingerprint density at radius 1 is 1.12 bits per heavy atom. The normalized spacial score (nSPS) is 22.1. The molecule has 2 aliphatic rings. The zero-order valence-corrected chi connectivity index (χ0v) is 9.11. The Bertz CT molecular complexity index is 540. The Hall–Kier alpha value is -1.70. The van der Waals surface area contributed by atoms with Crippen LogP contribution in [0.3, 0.4) is 0 Å². The zero-order valence-electron chi connectivity index (χ0n) is 9.11. The highest BCUT2D eigenvalue weighted by Crippen LogP contribution is 2.25. The molecule has 0 spiro atoms. The molecule has 0 saturated heterocycles. The van der Waals surface area contributed by atoms with Gasteiger partial charge in [0.25, 0.3) is 0 Å². The maximum atomic E-state index is 5.61. The van der Waals surface area contributed by atoms with Gasteiger partial charge in [-0.15, -0.1) is 0 Å². The summed E-state index contributed by atoms with van der Waals surface area (Å²) in [5, 5.41) is 2.39. The Kier molecular flexibility index (Phi) is 2.41. The number of fused-ring (bicyclic) bond motifs is 2. The van der Waals surface area contributed by atoms with Crippen molar-refractivity contribution in [3.05, 3.63) is 46.5 Å². The van der Waals surface area contributed by atoms with E-state index in [2.05, 4.69) is 24.3 Å². The van der Waals surface area contributed by atoms with Crippen LogP contribution >= 0.6 is 0 Å². The van der Waals surface area contributed by atoms with Crippen molar-refractivity contribution in [3.63, 3.8) is 0 Å². The molecule has 1 aromatic rings. The van der Waals surface area contributed by atoms with Gasteiger partial charge in [-0.1, -0.05) is 24.3 Å². The molecule has 0 atom stereocenters. The maximum Gasteiger partial charge on any atom is 0.230 e. The van der Waals surface area contributed by atoms with E-state index in [0.717, 1.165) is 23.8 Å². The van der Waals surface area contributed by atoms with Crippen LogP contribution in [0.4, 0.5) is 0 Å². The minimum absolute atomic E-state index is 0.309. The molecular formula is C14H14O2. The quantitative estimate of drug-likeness (QED) is 0.653. The van der Waals surface area contributed by atoms with Crippen LogP contribution < -0.4 is 10.4 Å². The molecule has 0 aromatic heterocycles. The molecule has 0 bridgehead atoms. The van der Waals surface area contributed by atoms with Crippen molar-refractivity contribution < 1.29 is 9.47 Å². The van der Waals surface area contributed by atoms with Crippen molar-refractivity contribution in [1.29, 1.82) is 0 Å². The van der Waals surface area contributed by atoms with Crippen LogP contribution in [-0.4, -0.2) is 6.79 Å². The van der Waals surface area contributed by atoms with Gasteiger partial charge in [-0.3, -0.25) is 0 Å². The van der Waals surface area contributed by atoms with Crippen molar-refractivity contribution in [1.82, 2.24) is 0 Å². The van der Waals surface area contributed by atoms with Crippen molar-refractivity contribution in [2.24, 2.45) is 0 Å². The van der Waals surface area contributed by atoms with Crippen LogP contribution in [0.5, 0.6) is 0 Å². The highest BCUT2D eigenvalue weighted by molar-refractivity contribution is 5.62. The van der Waals surface area contributed by atoms with E-state index >= 15 is 0 Å². The first-order valence-electron chi connectivity index (χ1n) is 5.68. The molecule has 1 aromatic carbocycles. The van der Waals surface area contributed by atoms with Gasteiger partial charge in [-0.25, -0.2) is 0 Å². The Morgan fingerprint density at radius 2 is 2.06 bits per heavy atom. The standard InChI is InChI=1S/C14H14O2/c1-2-6-12-11(5-1)9-15-10-16-14-8-4-3-7-13(12)14/h1-2,5-6,8-9H,3-4,7,10H2/b11-9?,13-12-. The van der Waals surface area contributed by atoms with Crippen LogP contribution in [-0.2, 0) is 9.47 Å². The molecule has 2 heteroatoms. The average molecular weight is 214 g/mol. The number of rotatable bonds is 0. The number of hydrogen-bond acceptors (Lipinski definition) is 2. The zero-order chi connectivity index (χ0) is 10.8. The highest BCUT2D eigenvalue weighted by Gasteiger charge is 2.13. The van der Waals surface area contributed by atoms with E-state index in [-0.39, 0.29) is 0 Å². The van der Waals surface area contributed by atoms with Gasteiger partial charge in [0.05, 0.1) is 6.26 Å². The van der Waals surface area contributed by atoms with Crippen LogP contribution in [0.25, 0.3) is 11.8 Å². The smallest absolute Gasteiger partial charge is 0.230 e. The van der Waals surface area contributed by atoms with Gasteiger partial charge in [0, 0.05) is 10.8 Å². The van der Waals surface area contributed by atoms with Crippen molar-refractivity contribution >= 4 is 11.8 Å². The van der Waals surface area contributed by atoms with Crippen molar-refractivity contribution in [2.45, 2.75) is 19.3 Å². The number of allylic oxidation sites excluding steroid dienone is 2. The molecule has 16 heavy (non-hydrogen) atoms. The SMILES string of the molecule is C1=C2OCOC=c3cccc/c3=C/2CCC1. The summed E-state index contributed by atoms with van der Waals surface area (Å²) in [6, 6.07) is 8.32. The first-order valence-corrected chi connectivity index (χ1v) is 5.68. The minimum Gasteiger partial charge on any atom is -0.464 e. The van der Waals surface area contributed by atoms with E-state index in [4.69, 9.17) is 9.47 Å². The van der Waals surface area contributed by atoms with E-state index in [0.29, 0.717) is 6.79 Å². The second kappa shape index (κ2) is 4.05. The molecule has 0 N–H and O–H groups in total. The van der Waals surface area contributed by atoms with Crippen LogP contribution in [0.1, 0.15) is 19.3 Å². The molecule has 0 unspecified atom stereocenters. The molecule has 1 aliphatic heterocycles. The predicted molar refractivity (Wildman–Crippen MR) is 62.5 cm³/mol. The van der Waals surface area contributed by atoms with Gasteiger partial charge < -0.3 is 9.47 Å². The Labute approximate surface area is 94.5 Å². The second-order valence-corrected chi connectivity index (χ2v) is 4.07. The summed E-state index contributed by atoms with van der Waals surface area (Å²) in [6.45, 7) is 0.309. The molecule has 1 heterocycles. The minimum atomic E-state index is 0.309. The first-order chi connectivity index (χ1) is 7.95. The van der Waals surface area contributed by atoms with Gasteiger partial charge in [-0.05, 0) is 30.6 Å². The number of hydrogen-bond donors (Lipinski definition) is 0. The lowest BCUT2D eigenvalue weighted by atomic mass is 9.97. The highest BCUT2D eigenvalue weighted by atomic mass is 16.7. The molecule has 3 rings (SSSR count). The lowest BCUT2D eigenvalue weighted by Gasteiger charge is -2.19. The molecular weight excluding hydrogens is 200 g/mol. The van der Waals surface area contributed by atoms with Crippen molar-refractivity contribution in [2.75, 3.05) is 6.79 Å². The van der Waals surface area contributed by atoms with E-state index < -0.39 is 0 Å². The van der Waals surface area contributed by atoms with Crippen LogP contribution in [0.2, 0.25) is 0 Å². The van der Waals surface area contributed by atoms with E-state index in [1.165, 1.54) is 17.2 Å². The monoisotopic (exact) mass is 214 g/mol. The van der Waals surface area contributed by atoms with Gasteiger partial charge >= 0.3 is 0 Å². The fourth-order valence-electron chi connectivity index (χ4n) is 2.27. The summed E-state index contributed by atoms with van der Waals surface area (Å²) in [7, 11) is 0. The van der Waals surface area contributed by atoms with Crippen LogP contribution in [0, 0.1) is 0 Å². The van der Waals surface area contributed by atoms with Crippen molar-refractivity contribution in [3.8, 4) is 0 Å². The summed E-state index contributed by atoms with van der Waals surface area (Å²) < 4.78 is 11.0. The fourth-order valence-corrected chi connectivity index (χ4v) is 2.27. The second-order valence-electron chi connectivity index (χ2n) is 4.07. The number of benzene rings is 1. The molecule has 2 nitrogen and oxygen atoms in total. The lowest BCUT2D eigenvalue weighted by Crippen LogP contribution is -2.30. The number of ether oxygens (including phenoxy) is 2. The Morgan fingerprint density at radius 3 is 3.06 bits per heavy atom. The van der Waals surface area contributed by atoms with E-state index in [1.54, 1.807) is 6.26 Å². The molecule has 1 aliphatic carbocycles. The first kappa shape index (κ1) is 9.52. The van der Waals surface area contributed by atoms with Gasteiger partial charge in [0.1, 0.15) is 5.76 Å². The molecule has 0 fully saturated rings. The molecule has 0 amide bonds. The largest absolute Gasteiger partial charge is 0.464 e. The fraction of sp³-hybridized carbons (Fsp3) is 0.286. The maximum absolute atomic E-state index is 5.61. The summed E-state index contributed by atoms with van der Waals surface area (Å²) in [5.74, 6) is 1.01. The lowest BCUT2D eigenvalue weighted by molar-refractivity contribution is 0.0519.